The smallest absolute Gasteiger partial charge is 0.308 e. The Morgan fingerprint density at radius 1 is 1.00 bits per heavy atom. The standard InChI is InChI=1S/C32H34ClN3O3/c1-36(29-19-11-10-18-28(29)35)31(38)23(20-21-34)22-30(37)39-32(24-12-4-2-5-13-24,25-14-6-3-7-15-25)26-16-8-9-17-27(26)33/h2-9,12-17,23,28-29H,10-11,18-20,22,35H2,1H3/t23-,28+,29+/m1/s1. The number of nitrogens with two attached hydrogens (primary N) is 1. The average Bonchev–Trinajstić information content (AvgIpc) is 2.96. The molecule has 6 nitrogen and oxygen atoms in total. The van der Waals surface area contributed by atoms with Crippen molar-refractivity contribution in [2.45, 2.75) is 56.2 Å². The van der Waals surface area contributed by atoms with Gasteiger partial charge in [0.1, 0.15) is 0 Å². The zero-order valence-electron chi connectivity index (χ0n) is 22.1. The fourth-order valence-corrected chi connectivity index (χ4v) is 5.85. The number of carbonyl (C=O) groups excluding carboxylic acids is 2. The predicted octanol–water partition coefficient (Wildman–Crippen LogP) is 5.82. The number of nitriles is 1. The molecule has 0 heterocycles. The molecule has 3 aromatic rings. The highest BCUT2D eigenvalue weighted by atomic mass is 35.5. The van der Waals surface area contributed by atoms with Crippen molar-refractivity contribution in [3.8, 4) is 6.07 Å². The first-order chi connectivity index (χ1) is 18.9. The summed E-state index contributed by atoms with van der Waals surface area (Å²) in [4.78, 5) is 28.9. The summed E-state index contributed by atoms with van der Waals surface area (Å²) in [5.74, 6) is -1.71. The highest BCUT2D eigenvalue weighted by molar-refractivity contribution is 6.31. The van der Waals surface area contributed by atoms with Crippen molar-refractivity contribution < 1.29 is 14.3 Å². The van der Waals surface area contributed by atoms with Gasteiger partial charge in [-0.1, -0.05) is 103 Å². The van der Waals surface area contributed by atoms with Crippen molar-refractivity contribution in [1.29, 1.82) is 5.26 Å². The van der Waals surface area contributed by atoms with E-state index in [2.05, 4.69) is 6.07 Å². The van der Waals surface area contributed by atoms with E-state index in [9.17, 15) is 14.9 Å². The van der Waals surface area contributed by atoms with E-state index in [0.29, 0.717) is 21.7 Å². The first-order valence-corrected chi connectivity index (χ1v) is 13.7. The number of esters is 1. The summed E-state index contributed by atoms with van der Waals surface area (Å²) in [5, 5.41) is 9.97. The monoisotopic (exact) mass is 543 g/mol. The molecule has 1 aliphatic carbocycles. The van der Waals surface area contributed by atoms with Crippen molar-refractivity contribution in [1.82, 2.24) is 4.90 Å². The molecule has 0 bridgehead atoms. The maximum atomic E-state index is 13.8. The number of likely N-dealkylation sites (N-methyl/N-ethyl adjacent to an activating group) is 1. The zero-order valence-corrected chi connectivity index (χ0v) is 22.9. The van der Waals surface area contributed by atoms with Crippen molar-refractivity contribution in [2.24, 2.45) is 11.7 Å². The molecule has 4 rings (SSSR count). The molecule has 1 saturated carbocycles. The van der Waals surface area contributed by atoms with Crippen LogP contribution in [0.15, 0.2) is 84.9 Å². The SMILES string of the molecule is CN(C(=O)[C@H](CC#N)CC(=O)OC(c1ccccc1)(c1ccccc1)c1ccccc1Cl)[C@H]1CCCC[C@@H]1N. The third-order valence-corrected chi connectivity index (χ3v) is 7.94. The largest absolute Gasteiger partial charge is 0.444 e. The number of benzene rings is 3. The summed E-state index contributed by atoms with van der Waals surface area (Å²) in [6, 6.07) is 28.0. The van der Waals surface area contributed by atoms with Crippen LogP contribution in [0.5, 0.6) is 0 Å². The van der Waals surface area contributed by atoms with Crippen LogP contribution in [-0.2, 0) is 19.9 Å². The van der Waals surface area contributed by atoms with E-state index in [1.165, 1.54) is 0 Å². The Hall–Kier alpha value is -3.66. The minimum Gasteiger partial charge on any atom is -0.444 e. The third-order valence-electron chi connectivity index (χ3n) is 7.61. The number of halogens is 1. The predicted molar refractivity (Wildman–Crippen MR) is 152 cm³/mol. The van der Waals surface area contributed by atoms with Crippen LogP contribution in [0.2, 0.25) is 5.02 Å². The second kappa shape index (κ2) is 12.9. The minimum absolute atomic E-state index is 0.101. The molecular weight excluding hydrogens is 510 g/mol. The van der Waals surface area contributed by atoms with E-state index in [1.807, 2.05) is 78.9 Å². The number of carbonyl (C=O) groups is 2. The van der Waals surface area contributed by atoms with E-state index in [0.717, 1.165) is 25.7 Å². The van der Waals surface area contributed by atoms with Crippen LogP contribution >= 0.6 is 11.6 Å². The number of amides is 1. The van der Waals surface area contributed by atoms with Gasteiger partial charge in [-0.15, -0.1) is 0 Å². The molecule has 0 aliphatic heterocycles. The molecule has 7 heteroatoms. The summed E-state index contributed by atoms with van der Waals surface area (Å²) in [6.07, 6.45) is 3.35. The van der Waals surface area contributed by atoms with Crippen LogP contribution in [0, 0.1) is 17.2 Å². The molecule has 3 atom stereocenters. The van der Waals surface area contributed by atoms with Crippen molar-refractivity contribution in [3.05, 3.63) is 107 Å². The van der Waals surface area contributed by atoms with Gasteiger partial charge in [-0.2, -0.15) is 5.26 Å². The minimum atomic E-state index is -1.37. The van der Waals surface area contributed by atoms with Gasteiger partial charge in [-0.05, 0) is 18.9 Å². The Bertz CT molecular complexity index is 1270. The Morgan fingerprint density at radius 2 is 1.56 bits per heavy atom. The fourth-order valence-electron chi connectivity index (χ4n) is 5.59. The molecule has 0 aromatic heterocycles. The molecule has 0 spiro atoms. The summed E-state index contributed by atoms with van der Waals surface area (Å²) >= 11 is 6.73. The van der Waals surface area contributed by atoms with Crippen LogP contribution in [0.4, 0.5) is 0 Å². The molecule has 39 heavy (non-hydrogen) atoms. The first kappa shape index (κ1) is 28.4. The quantitative estimate of drug-likeness (QED) is 0.271. The van der Waals surface area contributed by atoms with Gasteiger partial charge < -0.3 is 15.4 Å². The maximum Gasteiger partial charge on any atom is 0.308 e. The molecule has 202 valence electrons. The fraction of sp³-hybridized carbons (Fsp3) is 0.344. The first-order valence-electron chi connectivity index (χ1n) is 13.4. The van der Waals surface area contributed by atoms with Gasteiger partial charge in [0.25, 0.3) is 0 Å². The van der Waals surface area contributed by atoms with Gasteiger partial charge in [0, 0.05) is 47.3 Å². The van der Waals surface area contributed by atoms with Crippen LogP contribution in [-0.4, -0.2) is 35.9 Å². The van der Waals surface area contributed by atoms with Gasteiger partial charge >= 0.3 is 5.97 Å². The van der Waals surface area contributed by atoms with E-state index in [1.54, 1.807) is 18.0 Å². The summed E-state index contributed by atoms with van der Waals surface area (Å²) in [5.41, 5.74) is 6.99. The number of hydrogen-bond acceptors (Lipinski definition) is 5. The lowest BCUT2D eigenvalue weighted by Crippen LogP contribution is -2.51. The molecule has 1 aliphatic rings. The normalized spacial score (nSPS) is 18.0. The van der Waals surface area contributed by atoms with Gasteiger partial charge in [0.15, 0.2) is 5.60 Å². The number of nitrogens with zero attached hydrogens (tertiary/aromatic N) is 2. The van der Waals surface area contributed by atoms with Crippen LogP contribution < -0.4 is 5.73 Å². The maximum absolute atomic E-state index is 13.8. The molecule has 3 aromatic carbocycles. The number of rotatable bonds is 9. The van der Waals surface area contributed by atoms with Gasteiger partial charge in [0.05, 0.1) is 18.4 Å². The Kier molecular flexibility index (Phi) is 9.40. The Balaban J connectivity index is 1.71. The van der Waals surface area contributed by atoms with E-state index in [4.69, 9.17) is 22.1 Å². The van der Waals surface area contributed by atoms with Gasteiger partial charge in [-0.3, -0.25) is 9.59 Å². The van der Waals surface area contributed by atoms with E-state index in [-0.39, 0.29) is 30.8 Å². The molecule has 1 amide bonds. The molecule has 0 unspecified atom stereocenters. The van der Waals surface area contributed by atoms with Crippen LogP contribution in [0.1, 0.15) is 55.2 Å². The second-order valence-electron chi connectivity index (χ2n) is 10.1. The summed E-state index contributed by atoms with van der Waals surface area (Å²) in [6.45, 7) is 0. The van der Waals surface area contributed by atoms with Crippen molar-refractivity contribution in [2.75, 3.05) is 7.05 Å². The van der Waals surface area contributed by atoms with Gasteiger partial charge in [0.2, 0.25) is 5.91 Å². The molecule has 2 N–H and O–H groups in total. The lowest BCUT2D eigenvalue weighted by molar-refractivity contribution is -0.157. The Labute approximate surface area is 235 Å². The second-order valence-corrected chi connectivity index (χ2v) is 10.5. The van der Waals surface area contributed by atoms with Gasteiger partial charge in [-0.25, -0.2) is 0 Å². The summed E-state index contributed by atoms with van der Waals surface area (Å²) < 4.78 is 6.42. The zero-order chi connectivity index (χ0) is 27.8. The number of hydrogen-bond donors (Lipinski definition) is 1. The topological polar surface area (TPSA) is 96.4 Å². The third kappa shape index (κ3) is 6.16. The van der Waals surface area contributed by atoms with E-state index >= 15 is 0 Å². The lowest BCUT2D eigenvalue weighted by atomic mass is 9.80. The van der Waals surface area contributed by atoms with Crippen LogP contribution in [0.3, 0.4) is 0 Å². The molecule has 0 radical (unpaired) electrons. The molecular formula is C32H34ClN3O3. The van der Waals surface area contributed by atoms with E-state index < -0.39 is 17.5 Å². The highest BCUT2D eigenvalue weighted by Gasteiger charge is 2.43. The molecule has 1 fully saturated rings. The van der Waals surface area contributed by atoms with Crippen molar-refractivity contribution in [3.63, 3.8) is 0 Å². The lowest BCUT2D eigenvalue weighted by Gasteiger charge is -2.38. The number of ether oxygens (including phenoxy) is 1. The summed E-state index contributed by atoms with van der Waals surface area (Å²) in [7, 11) is 1.72. The van der Waals surface area contributed by atoms with Crippen LogP contribution in [0.25, 0.3) is 0 Å². The Morgan fingerprint density at radius 3 is 2.13 bits per heavy atom. The van der Waals surface area contributed by atoms with Crippen molar-refractivity contribution >= 4 is 23.5 Å². The average molecular weight is 544 g/mol. The highest BCUT2D eigenvalue weighted by Crippen LogP contribution is 2.44. The molecule has 0 saturated heterocycles.